The molecule has 0 radical (unpaired) electrons. The molecule has 0 atom stereocenters. The molecular formula is C18H16F3N5O. The van der Waals surface area contributed by atoms with Crippen LogP contribution in [0.3, 0.4) is 0 Å². The predicted octanol–water partition coefficient (Wildman–Crippen LogP) is 3.68. The van der Waals surface area contributed by atoms with Crippen LogP contribution in [-0.4, -0.2) is 20.7 Å². The third-order valence-electron chi connectivity index (χ3n) is 3.98. The summed E-state index contributed by atoms with van der Waals surface area (Å²) in [5, 5.41) is 6.59. The van der Waals surface area contributed by atoms with Crippen molar-refractivity contribution >= 4 is 17.5 Å². The molecule has 0 saturated carbocycles. The summed E-state index contributed by atoms with van der Waals surface area (Å²) in [5.74, 6) is -0.505. The molecule has 0 spiro atoms. The van der Waals surface area contributed by atoms with Crippen LogP contribution in [0, 0.1) is 0 Å². The van der Waals surface area contributed by atoms with Crippen molar-refractivity contribution in [2.45, 2.75) is 19.5 Å². The molecule has 3 N–H and O–H groups in total. The van der Waals surface area contributed by atoms with Crippen molar-refractivity contribution < 1.29 is 18.0 Å². The van der Waals surface area contributed by atoms with E-state index in [0.29, 0.717) is 6.20 Å². The van der Waals surface area contributed by atoms with Crippen molar-refractivity contribution in [1.82, 2.24) is 14.8 Å². The van der Waals surface area contributed by atoms with Gasteiger partial charge in [-0.3, -0.25) is 4.79 Å². The zero-order valence-corrected chi connectivity index (χ0v) is 14.3. The number of halogens is 3. The number of para-hydroxylation sites is 1. The van der Waals surface area contributed by atoms with Crippen molar-refractivity contribution in [1.29, 1.82) is 0 Å². The summed E-state index contributed by atoms with van der Waals surface area (Å²) in [6.45, 7) is 1.99. The van der Waals surface area contributed by atoms with Gasteiger partial charge >= 0.3 is 6.18 Å². The molecule has 0 bridgehead atoms. The molecule has 9 heteroatoms. The summed E-state index contributed by atoms with van der Waals surface area (Å²) < 4.78 is 39.2. The van der Waals surface area contributed by atoms with Crippen LogP contribution < -0.4 is 11.1 Å². The van der Waals surface area contributed by atoms with Gasteiger partial charge in [-0.1, -0.05) is 25.1 Å². The second-order valence-electron chi connectivity index (χ2n) is 5.72. The van der Waals surface area contributed by atoms with E-state index in [9.17, 15) is 18.0 Å². The average Bonchev–Trinajstić information content (AvgIpc) is 3.02. The van der Waals surface area contributed by atoms with Gasteiger partial charge in [0.25, 0.3) is 5.91 Å². The largest absolute Gasteiger partial charge is 0.417 e. The number of carbonyl (C=O) groups excluding carboxylic acids is 1. The summed E-state index contributed by atoms with van der Waals surface area (Å²) in [4.78, 5) is 16.0. The lowest BCUT2D eigenvalue weighted by molar-refractivity contribution is -0.137. The Kier molecular flexibility index (Phi) is 4.85. The van der Waals surface area contributed by atoms with Gasteiger partial charge in [-0.15, -0.1) is 0 Å². The van der Waals surface area contributed by atoms with E-state index >= 15 is 0 Å². The number of rotatable bonds is 4. The summed E-state index contributed by atoms with van der Waals surface area (Å²) in [6.07, 6.45) is -1.78. The second kappa shape index (κ2) is 7.10. The maximum absolute atomic E-state index is 12.6. The molecule has 3 aromatic rings. The van der Waals surface area contributed by atoms with Crippen molar-refractivity contribution in [3.05, 3.63) is 65.5 Å². The molecule has 0 saturated heterocycles. The van der Waals surface area contributed by atoms with Crippen LogP contribution in [-0.2, 0) is 12.6 Å². The van der Waals surface area contributed by atoms with Crippen molar-refractivity contribution in [2.24, 2.45) is 0 Å². The lowest BCUT2D eigenvalue weighted by Crippen LogP contribution is -2.15. The van der Waals surface area contributed by atoms with Gasteiger partial charge in [0.05, 0.1) is 17.4 Å². The van der Waals surface area contributed by atoms with E-state index in [2.05, 4.69) is 15.4 Å². The van der Waals surface area contributed by atoms with Crippen LogP contribution in [0.4, 0.5) is 24.8 Å². The topological polar surface area (TPSA) is 85.8 Å². The summed E-state index contributed by atoms with van der Waals surface area (Å²) in [6, 6.07) is 9.41. The molecule has 0 aliphatic heterocycles. The molecule has 0 fully saturated rings. The second-order valence-corrected chi connectivity index (χ2v) is 5.72. The Labute approximate surface area is 152 Å². The normalized spacial score (nSPS) is 11.4. The number of nitrogens with zero attached hydrogens (tertiary/aromatic N) is 3. The Morgan fingerprint density at radius 2 is 1.93 bits per heavy atom. The zero-order valence-electron chi connectivity index (χ0n) is 14.3. The number of anilines is 2. The molecule has 1 amide bonds. The van der Waals surface area contributed by atoms with E-state index in [-0.39, 0.29) is 17.2 Å². The standard InChI is InChI=1S/C18H16F3N5O/c1-2-11-5-3-4-6-14(11)26-16(22)13(10-24-26)17(27)25-15-8-7-12(9-23-15)18(19,20)21/h3-10H,2,22H2,1H3,(H,23,25,27). The number of aryl methyl sites for hydroxylation is 1. The van der Waals surface area contributed by atoms with Gasteiger partial charge in [0.2, 0.25) is 0 Å². The van der Waals surface area contributed by atoms with Gasteiger partial charge in [0, 0.05) is 6.20 Å². The van der Waals surface area contributed by atoms with Gasteiger partial charge in [0.1, 0.15) is 17.2 Å². The molecule has 140 valence electrons. The number of benzene rings is 1. The first kappa shape index (κ1) is 18.4. The van der Waals surface area contributed by atoms with Crippen LogP contribution in [0.1, 0.15) is 28.4 Å². The van der Waals surface area contributed by atoms with Crippen LogP contribution >= 0.6 is 0 Å². The molecule has 2 heterocycles. The van der Waals surface area contributed by atoms with Crippen molar-refractivity contribution in [3.8, 4) is 5.69 Å². The van der Waals surface area contributed by atoms with E-state index in [4.69, 9.17) is 5.73 Å². The first-order valence-electron chi connectivity index (χ1n) is 8.07. The highest BCUT2D eigenvalue weighted by Gasteiger charge is 2.30. The number of alkyl halides is 3. The average molecular weight is 375 g/mol. The summed E-state index contributed by atoms with van der Waals surface area (Å²) in [5.41, 5.74) is 7.02. The first-order chi connectivity index (χ1) is 12.8. The number of amides is 1. The lowest BCUT2D eigenvalue weighted by Gasteiger charge is -2.10. The molecule has 0 aliphatic rings. The lowest BCUT2D eigenvalue weighted by atomic mass is 10.1. The predicted molar refractivity (Wildman–Crippen MR) is 94.5 cm³/mol. The van der Waals surface area contributed by atoms with Gasteiger partial charge in [-0.05, 0) is 30.2 Å². The molecular weight excluding hydrogens is 359 g/mol. The molecule has 3 rings (SSSR count). The van der Waals surface area contributed by atoms with E-state index < -0.39 is 17.6 Å². The minimum absolute atomic E-state index is 0.0193. The fourth-order valence-corrected chi connectivity index (χ4v) is 2.56. The highest BCUT2D eigenvalue weighted by molar-refractivity contribution is 6.06. The third-order valence-corrected chi connectivity index (χ3v) is 3.98. The Morgan fingerprint density at radius 3 is 2.56 bits per heavy atom. The Morgan fingerprint density at radius 1 is 1.19 bits per heavy atom. The zero-order chi connectivity index (χ0) is 19.6. The highest BCUT2D eigenvalue weighted by atomic mass is 19.4. The SMILES string of the molecule is CCc1ccccc1-n1ncc(C(=O)Nc2ccc(C(F)(F)F)cn2)c1N. The number of pyridine rings is 1. The Hall–Kier alpha value is -3.36. The maximum atomic E-state index is 12.6. The minimum Gasteiger partial charge on any atom is -0.383 e. The number of carbonyl (C=O) groups is 1. The third kappa shape index (κ3) is 3.76. The summed E-state index contributed by atoms with van der Waals surface area (Å²) >= 11 is 0. The van der Waals surface area contributed by atoms with Gasteiger partial charge in [0.15, 0.2) is 0 Å². The molecule has 0 unspecified atom stereocenters. The monoisotopic (exact) mass is 375 g/mol. The quantitative estimate of drug-likeness (QED) is 0.728. The van der Waals surface area contributed by atoms with E-state index in [0.717, 1.165) is 29.8 Å². The first-order valence-corrected chi connectivity index (χ1v) is 8.07. The van der Waals surface area contributed by atoms with Crippen LogP contribution in [0.2, 0.25) is 0 Å². The van der Waals surface area contributed by atoms with E-state index in [1.807, 2.05) is 31.2 Å². The summed E-state index contributed by atoms with van der Waals surface area (Å²) in [7, 11) is 0. The van der Waals surface area contributed by atoms with Crippen LogP contribution in [0.25, 0.3) is 5.69 Å². The molecule has 27 heavy (non-hydrogen) atoms. The van der Waals surface area contributed by atoms with Gasteiger partial charge in [-0.25, -0.2) is 9.67 Å². The number of aromatic nitrogens is 3. The van der Waals surface area contributed by atoms with Gasteiger partial charge < -0.3 is 11.1 Å². The van der Waals surface area contributed by atoms with E-state index in [1.54, 1.807) is 0 Å². The number of nitrogens with one attached hydrogen (secondary N) is 1. The van der Waals surface area contributed by atoms with E-state index in [1.165, 1.54) is 10.9 Å². The molecule has 1 aromatic carbocycles. The molecule has 6 nitrogen and oxygen atoms in total. The number of nitrogen functional groups attached to an aromatic ring is 1. The maximum Gasteiger partial charge on any atom is 0.417 e. The fraction of sp³-hybridized carbons (Fsp3) is 0.167. The minimum atomic E-state index is -4.49. The Bertz CT molecular complexity index is 964. The number of hydrogen-bond acceptors (Lipinski definition) is 4. The molecule has 2 aromatic heterocycles. The Balaban J connectivity index is 1.83. The van der Waals surface area contributed by atoms with Crippen molar-refractivity contribution in [3.63, 3.8) is 0 Å². The van der Waals surface area contributed by atoms with Crippen LogP contribution in [0.15, 0.2) is 48.8 Å². The number of nitrogens with two attached hydrogens (primary N) is 1. The van der Waals surface area contributed by atoms with Crippen LogP contribution in [0.5, 0.6) is 0 Å². The van der Waals surface area contributed by atoms with Gasteiger partial charge in [-0.2, -0.15) is 18.3 Å². The fourth-order valence-electron chi connectivity index (χ4n) is 2.56. The highest BCUT2D eigenvalue weighted by Crippen LogP contribution is 2.29. The smallest absolute Gasteiger partial charge is 0.383 e. The van der Waals surface area contributed by atoms with Crippen molar-refractivity contribution in [2.75, 3.05) is 11.1 Å². The number of hydrogen-bond donors (Lipinski definition) is 2. The molecule has 0 aliphatic carbocycles.